The smallest absolute Gasteiger partial charge is 0.0540 e. The SMILES string of the molecule is c1ccc(-c2cccc3cccc(-c4ccccc4N(c4ccc(-c5ccc(C67CC8CC(CC(C8)C6)C7)cc5)cc4)c4ccc5sc6ccccc6c5c4)c23)cc1. The Labute approximate surface area is 345 Å². The Hall–Kier alpha value is -5.96. The van der Waals surface area contributed by atoms with E-state index in [9.17, 15) is 0 Å². The van der Waals surface area contributed by atoms with E-state index in [-0.39, 0.29) is 0 Å². The minimum absolute atomic E-state index is 0.422. The lowest BCUT2D eigenvalue weighted by molar-refractivity contribution is -0.00518. The lowest BCUT2D eigenvalue weighted by Crippen LogP contribution is -2.48. The predicted octanol–water partition coefficient (Wildman–Crippen LogP) is 16.1. The first-order valence-electron chi connectivity index (χ1n) is 21.2. The van der Waals surface area contributed by atoms with Crippen molar-refractivity contribution in [3.05, 3.63) is 188 Å². The van der Waals surface area contributed by atoms with Crippen molar-refractivity contribution in [1.29, 1.82) is 0 Å². The van der Waals surface area contributed by atoms with Gasteiger partial charge in [-0.15, -0.1) is 11.3 Å². The number of thiophene rings is 1. The maximum Gasteiger partial charge on any atom is 0.0540 e. The summed E-state index contributed by atoms with van der Waals surface area (Å²) in [6, 6.07) is 68.2. The zero-order valence-electron chi connectivity index (χ0n) is 32.7. The molecule has 4 fully saturated rings. The third-order valence-electron chi connectivity index (χ3n) is 14.0. The van der Waals surface area contributed by atoms with E-state index < -0.39 is 0 Å². The van der Waals surface area contributed by atoms with E-state index in [1.54, 1.807) is 5.56 Å². The number of rotatable bonds is 7. The molecule has 8 aromatic carbocycles. The zero-order chi connectivity index (χ0) is 38.2. The van der Waals surface area contributed by atoms with Crippen molar-refractivity contribution >= 4 is 59.3 Å². The van der Waals surface area contributed by atoms with E-state index >= 15 is 0 Å². The van der Waals surface area contributed by atoms with Gasteiger partial charge in [0, 0.05) is 37.1 Å². The highest BCUT2D eigenvalue weighted by atomic mass is 32.1. The van der Waals surface area contributed by atoms with Crippen LogP contribution in [0.5, 0.6) is 0 Å². The van der Waals surface area contributed by atoms with Crippen molar-refractivity contribution < 1.29 is 0 Å². The molecule has 0 spiro atoms. The fraction of sp³-hybridized carbons (Fsp3) is 0.179. The summed E-state index contributed by atoms with van der Waals surface area (Å²) in [7, 11) is 0. The highest BCUT2D eigenvalue weighted by molar-refractivity contribution is 7.25. The molecular formula is C56H45NS. The number of para-hydroxylation sites is 1. The summed E-state index contributed by atoms with van der Waals surface area (Å²) in [5.74, 6) is 2.87. The minimum Gasteiger partial charge on any atom is -0.310 e. The van der Waals surface area contributed by atoms with Gasteiger partial charge in [-0.1, -0.05) is 140 Å². The van der Waals surface area contributed by atoms with E-state index in [0.717, 1.165) is 34.8 Å². The molecule has 0 aliphatic heterocycles. The van der Waals surface area contributed by atoms with Gasteiger partial charge in [0.2, 0.25) is 0 Å². The Balaban J connectivity index is 0.983. The van der Waals surface area contributed by atoms with Crippen molar-refractivity contribution in [1.82, 2.24) is 0 Å². The number of fused-ring (bicyclic) bond motifs is 4. The molecule has 9 aromatic rings. The van der Waals surface area contributed by atoms with Crippen molar-refractivity contribution in [2.24, 2.45) is 17.8 Å². The monoisotopic (exact) mass is 763 g/mol. The second kappa shape index (κ2) is 13.6. The van der Waals surface area contributed by atoms with Gasteiger partial charge >= 0.3 is 0 Å². The van der Waals surface area contributed by atoms with Crippen LogP contribution < -0.4 is 4.90 Å². The molecule has 58 heavy (non-hydrogen) atoms. The Morgan fingerprint density at radius 2 is 1.02 bits per heavy atom. The third kappa shape index (κ3) is 5.64. The second-order valence-electron chi connectivity index (χ2n) is 17.5. The second-order valence-corrected chi connectivity index (χ2v) is 18.6. The van der Waals surface area contributed by atoms with E-state index in [1.165, 1.54) is 103 Å². The fourth-order valence-electron chi connectivity index (χ4n) is 11.9. The van der Waals surface area contributed by atoms with Crippen molar-refractivity contribution in [2.45, 2.75) is 43.9 Å². The van der Waals surface area contributed by atoms with Gasteiger partial charge in [-0.25, -0.2) is 0 Å². The summed E-state index contributed by atoms with van der Waals surface area (Å²) < 4.78 is 2.64. The molecule has 0 amide bonds. The van der Waals surface area contributed by atoms with E-state index in [4.69, 9.17) is 0 Å². The number of hydrogen-bond acceptors (Lipinski definition) is 2. The van der Waals surface area contributed by atoms with Gasteiger partial charge in [0.1, 0.15) is 0 Å². The largest absolute Gasteiger partial charge is 0.310 e. The number of hydrogen-bond donors (Lipinski definition) is 0. The summed E-state index contributed by atoms with van der Waals surface area (Å²) in [6.07, 6.45) is 8.68. The summed E-state index contributed by atoms with van der Waals surface area (Å²) in [4.78, 5) is 2.48. The van der Waals surface area contributed by atoms with Crippen LogP contribution >= 0.6 is 11.3 Å². The first-order chi connectivity index (χ1) is 28.7. The number of anilines is 3. The van der Waals surface area contributed by atoms with Crippen LogP contribution in [0.4, 0.5) is 17.1 Å². The standard InChI is InChI=1S/C56H45NS/c1-2-10-42(11-3-1)47-16-8-12-43-13-9-17-50(55(43)47)48-14-4-6-18-52(48)57(46-28-29-54-51(33-46)49-15-5-7-19-53(49)58-54)45-26-22-41(23-27-45)40-20-24-44(25-21-40)56-34-37-30-38(35-56)32-39(31-37)36-56/h1-29,33,37-39H,30-32,34-36H2. The highest BCUT2D eigenvalue weighted by Gasteiger charge is 2.51. The van der Waals surface area contributed by atoms with Crippen LogP contribution in [0.25, 0.3) is 64.3 Å². The van der Waals surface area contributed by atoms with Crippen LogP contribution in [0.2, 0.25) is 0 Å². The molecule has 0 N–H and O–H groups in total. The number of benzene rings is 8. The molecule has 0 atom stereocenters. The molecule has 2 heteroatoms. The summed E-state index contributed by atoms with van der Waals surface area (Å²) in [5.41, 5.74) is 12.9. The topological polar surface area (TPSA) is 3.24 Å². The van der Waals surface area contributed by atoms with Gasteiger partial charge in [0.05, 0.1) is 5.69 Å². The third-order valence-corrected chi connectivity index (χ3v) is 15.2. The minimum atomic E-state index is 0.422. The van der Waals surface area contributed by atoms with E-state index in [2.05, 4.69) is 187 Å². The quantitative estimate of drug-likeness (QED) is 0.156. The molecule has 1 heterocycles. The first kappa shape index (κ1) is 34.1. The van der Waals surface area contributed by atoms with Gasteiger partial charge in [-0.3, -0.25) is 0 Å². The zero-order valence-corrected chi connectivity index (χ0v) is 33.5. The van der Waals surface area contributed by atoms with Crippen LogP contribution in [0.1, 0.15) is 44.1 Å². The maximum absolute atomic E-state index is 2.48. The number of nitrogens with zero attached hydrogens (tertiary/aromatic N) is 1. The van der Waals surface area contributed by atoms with Crippen LogP contribution in [0, 0.1) is 17.8 Å². The molecule has 4 saturated carbocycles. The Morgan fingerprint density at radius 1 is 0.431 bits per heavy atom. The van der Waals surface area contributed by atoms with Crippen LogP contribution in [0.15, 0.2) is 182 Å². The molecule has 280 valence electrons. The molecule has 0 unspecified atom stereocenters. The van der Waals surface area contributed by atoms with Crippen molar-refractivity contribution in [3.8, 4) is 33.4 Å². The molecule has 0 radical (unpaired) electrons. The highest BCUT2D eigenvalue weighted by Crippen LogP contribution is 2.61. The molecule has 0 saturated heterocycles. The van der Waals surface area contributed by atoms with E-state index in [0.29, 0.717) is 5.41 Å². The summed E-state index contributed by atoms with van der Waals surface area (Å²) >= 11 is 1.87. The van der Waals surface area contributed by atoms with Gasteiger partial charge in [0.15, 0.2) is 0 Å². The van der Waals surface area contributed by atoms with Crippen molar-refractivity contribution in [2.75, 3.05) is 4.90 Å². The maximum atomic E-state index is 2.48. The Kier molecular flexibility index (Phi) is 7.98. The van der Waals surface area contributed by atoms with E-state index in [1.807, 2.05) is 11.3 Å². The normalized spacial score (nSPS) is 20.9. The fourth-order valence-corrected chi connectivity index (χ4v) is 13.0. The predicted molar refractivity (Wildman–Crippen MR) is 248 cm³/mol. The van der Waals surface area contributed by atoms with Gasteiger partial charge in [0.25, 0.3) is 0 Å². The molecule has 1 nitrogen and oxygen atoms in total. The molecule has 1 aromatic heterocycles. The van der Waals surface area contributed by atoms with Crippen LogP contribution in [-0.2, 0) is 5.41 Å². The van der Waals surface area contributed by atoms with Crippen LogP contribution in [0.3, 0.4) is 0 Å². The van der Waals surface area contributed by atoms with Gasteiger partial charge < -0.3 is 4.90 Å². The van der Waals surface area contributed by atoms with Gasteiger partial charge in [-0.2, -0.15) is 0 Å². The van der Waals surface area contributed by atoms with Crippen molar-refractivity contribution in [3.63, 3.8) is 0 Å². The average molecular weight is 764 g/mol. The Morgan fingerprint density at radius 3 is 1.76 bits per heavy atom. The molecule has 4 bridgehead atoms. The Bertz CT molecular complexity index is 2930. The summed E-state index contributed by atoms with van der Waals surface area (Å²) in [6.45, 7) is 0. The lowest BCUT2D eigenvalue weighted by atomic mass is 9.48. The van der Waals surface area contributed by atoms with Crippen LogP contribution in [-0.4, -0.2) is 0 Å². The molecule has 13 rings (SSSR count). The molecular weight excluding hydrogens is 719 g/mol. The average Bonchev–Trinajstić information content (AvgIpc) is 3.65. The summed E-state index contributed by atoms with van der Waals surface area (Å²) in [5, 5.41) is 5.12. The molecule has 4 aliphatic rings. The lowest BCUT2D eigenvalue weighted by Gasteiger charge is -2.57. The van der Waals surface area contributed by atoms with Gasteiger partial charge in [-0.05, 0) is 148 Å². The first-order valence-corrected chi connectivity index (χ1v) is 22.1. The molecule has 4 aliphatic carbocycles.